The van der Waals surface area contributed by atoms with Gasteiger partial charge in [-0.1, -0.05) is 25.0 Å². The molecule has 0 bridgehead atoms. The standard InChI is InChI=1S/C15H22O3/c1-10-6-7-12(13(18-3)11(10)2)14(16)15(17)8-4-5-9-15/h6-7,14,16-17H,4-5,8-9H2,1-3H3. The van der Waals surface area contributed by atoms with E-state index in [9.17, 15) is 10.2 Å². The zero-order chi connectivity index (χ0) is 13.3. The highest BCUT2D eigenvalue weighted by molar-refractivity contribution is 5.47. The first-order valence-corrected chi connectivity index (χ1v) is 6.54. The van der Waals surface area contributed by atoms with Gasteiger partial charge in [0.25, 0.3) is 0 Å². The summed E-state index contributed by atoms with van der Waals surface area (Å²) in [7, 11) is 1.61. The Balaban J connectivity index is 2.41. The Morgan fingerprint density at radius 3 is 2.39 bits per heavy atom. The van der Waals surface area contributed by atoms with Crippen LogP contribution in [0.25, 0.3) is 0 Å². The molecule has 1 fully saturated rings. The molecule has 100 valence electrons. The van der Waals surface area contributed by atoms with E-state index in [1.165, 1.54) is 0 Å². The van der Waals surface area contributed by atoms with Crippen molar-refractivity contribution in [3.63, 3.8) is 0 Å². The molecule has 0 aliphatic heterocycles. The summed E-state index contributed by atoms with van der Waals surface area (Å²) < 4.78 is 5.41. The largest absolute Gasteiger partial charge is 0.496 e. The van der Waals surface area contributed by atoms with Gasteiger partial charge in [0.2, 0.25) is 0 Å². The van der Waals surface area contributed by atoms with Gasteiger partial charge < -0.3 is 14.9 Å². The van der Waals surface area contributed by atoms with E-state index < -0.39 is 11.7 Å². The third-order valence-corrected chi connectivity index (χ3v) is 4.18. The number of aliphatic hydroxyl groups is 2. The summed E-state index contributed by atoms with van der Waals surface area (Å²) in [6, 6.07) is 3.83. The van der Waals surface area contributed by atoms with Crippen LogP contribution in [0, 0.1) is 13.8 Å². The van der Waals surface area contributed by atoms with Gasteiger partial charge in [0.05, 0.1) is 12.7 Å². The molecule has 1 aliphatic rings. The molecule has 3 nitrogen and oxygen atoms in total. The molecular weight excluding hydrogens is 228 g/mol. The number of ether oxygens (including phenoxy) is 1. The van der Waals surface area contributed by atoms with Crippen LogP contribution in [-0.4, -0.2) is 22.9 Å². The van der Waals surface area contributed by atoms with Gasteiger partial charge >= 0.3 is 0 Å². The molecule has 0 spiro atoms. The Labute approximate surface area is 108 Å². The molecule has 0 saturated heterocycles. The minimum atomic E-state index is -0.991. The summed E-state index contributed by atoms with van der Waals surface area (Å²) in [5.41, 5.74) is 1.86. The normalized spacial score (nSPS) is 19.8. The predicted octanol–water partition coefficient (Wildman–Crippen LogP) is 2.65. The maximum Gasteiger partial charge on any atom is 0.127 e. The third-order valence-electron chi connectivity index (χ3n) is 4.18. The molecule has 3 heteroatoms. The number of aryl methyl sites for hydroxylation is 1. The molecule has 18 heavy (non-hydrogen) atoms. The quantitative estimate of drug-likeness (QED) is 0.867. The maximum atomic E-state index is 10.5. The zero-order valence-corrected chi connectivity index (χ0v) is 11.4. The van der Waals surface area contributed by atoms with Gasteiger partial charge in [-0.15, -0.1) is 0 Å². The summed E-state index contributed by atoms with van der Waals surface area (Å²) in [6.07, 6.45) is 2.39. The van der Waals surface area contributed by atoms with Crippen molar-refractivity contribution in [3.05, 3.63) is 28.8 Å². The summed E-state index contributed by atoms with van der Waals surface area (Å²) in [6.45, 7) is 3.99. The lowest BCUT2D eigenvalue weighted by atomic mass is 9.87. The average Bonchev–Trinajstić information content (AvgIpc) is 2.80. The lowest BCUT2D eigenvalue weighted by molar-refractivity contribution is -0.0727. The van der Waals surface area contributed by atoms with Gasteiger partial charge in [-0.25, -0.2) is 0 Å². The average molecular weight is 250 g/mol. The van der Waals surface area contributed by atoms with Crippen LogP contribution in [0.1, 0.15) is 48.5 Å². The lowest BCUT2D eigenvalue weighted by Gasteiger charge is -2.30. The van der Waals surface area contributed by atoms with Crippen LogP contribution in [0.3, 0.4) is 0 Å². The van der Waals surface area contributed by atoms with E-state index in [2.05, 4.69) is 0 Å². The molecule has 1 atom stereocenters. The first kappa shape index (κ1) is 13.4. The van der Waals surface area contributed by atoms with Crippen molar-refractivity contribution < 1.29 is 14.9 Å². The van der Waals surface area contributed by atoms with Gasteiger partial charge in [0, 0.05) is 5.56 Å². The van der Waals surface area contributed by atoms with Crippen LogP contribution in [0.4, 0.5) is 0 Å². The molecule has 0 radical (unpaired) electrons. The zero-order valence-electron chi connectivity index (χ0n) is 11.4. The number of hydrogen-bond acceptors (Lipinski definition) is 3. The smallest absolute Gasteiger partial charge is 0.127 e. The minimum Gasteiger partial charge on any atom is -0.496 e. The fourth-order valence-electron chi connectivity index (χ4n) is 2.85. The maximum absolute atomic E-state index is 10.5. The van der Waals surface area contributed by atoms with Crippen LogP contribution in [0.5, 0.6) is 5.75 Å². The Kier molecular flexibility index (Phi) is 3.64. The van der Waals surface area contributed by atoms with E-state index in [1.54, 1.807) is 7.11 Å². The van der Waals surface area contributed by atoms with Gasteiger partial charge in [-0.2, -0.15) is 0 Å². The lowest BCUT2D eigenvalue weighted by Crippen LogP contribution is -2.33. The second-order valence-electron chi connectivity index (χ2n) is 5.34. The second kappa shape index (κ2) is 4.90. The van der Waals surface area contributed by atoms with Crippen molar-refractivity contribution in [2.75, 3.05) is 7.11 Å². The molecule has 1 saturated carbocycles. The summed E-state index contributed by atoms with van der Waals surface area (Å²) in [5.74, 6) is 0.697. The van der Waals surface area contributed by atoms with E-state index >= 15 is 0 Å². The highest BCUT2D eigenvalue weighted by Crippen LogP contribution is 2.43. The van der Waals surface area contributed by atoms with Crippen LogP contribution in [-0.2, 0) is 0 Å². The van der Waals surface area contributed by atoms with Crippen LogP contribution >= 0.6 is 0 Å². The second-order valence-corrected chi connectivity index (χ2v) is 5.34. The van der Waals surface area contributed by atoms with E-state index in [0.717, 1.165) is 24.0 Å². The van der Waals surface area contributed by atoms with Gasteiger partial charge in [-0.05, 0) is 37.8 Å². The molecule has 1 unspecified atom stereocenters. The van der Waals surface area contributed by atoms with Crippen molar-refractivity contribution in [3.8, 4) is 5.75 Å². The van der Waals surface area contributed by atoms with Crippen LogP contribution in [0.15, 0.2) is 12.1 Å². The number of methoxy groups -OCH3 is 1. The molecular formula is C15H22O3. The monoisotopic (exact) mass is 250 g/mol. The first-order chi connectivity index (χ1) is 8.49. The van der Waals surface area contributed by atoms with Gasteiger partial charge in [0.15, 0.2) is 0 Å². The fourth-order valence-corrected chi connectivity index (χ4v) is 2.85. The van der Waals surface area contributed by atoms with E-state index in [4.69, 9.17) is 4.74 Å². The highest BCUT2D eigenvalue weighted by Gasteiger charge is 2.40. The third kappa shape index (κ3) is 2.13. The molecule has 2 N–H and O–H groups in total. The Morgan fingerprint density at radius 2 is 1.83 bits per heavy atom. The van der Waals surface area contributed by atoms with Gasteiger partial charge in [0.1, 0.15) is 11.9 Å². The van der Waals surface area contributed by atoms with E-state index in [1.807, 2.05) is 26.0 Å². The molecule has 1 aromatic rings. The summed E-state index contributed by atoms with van der Waals surface area (Å²) in [4.78, 5) is 0. The van der Waals surface area contributed by atoms with Crippen molar-refractivity contribution in [1.29, 1.82) is 0 Å². The van der Waals surface area contributed by atoms with E-state index in [0.29, 0.717) is 24.2 Å². The topological polar surface area (TPSA) is 49.7 Å². The van der Waals surface area contributed by atoms with Gasteiger partial charge in [-0.3, -0.25) is 0 Å². The molecule has 0 aromatic heterocycles. The number of hydrogen-bond donors (Lipinski definition) is 2. The fraction of sp³-hybridized carbons (Fsp3) is 0.600. The summed E-state index contributed by atoms with van der Waals surface area (Å²) >= 11 is 0. The highest BCUT2D eigenvalue weighted by atomic mass is 16.5. The number of benzene rings is 1. The molecule has 2 rings (SSSR count). The first-order valence-electron chi connectivity index (χ1n) is 6.54. The van der Waals surface area contributed by atoms with Crippen molar-refractivity contribution in [2.24, 2.45) is 0 Å². The molecule has 1 aliphatic carbocycles. The van der Waals surface area contributed by atoms with Crippen molar-refractivity contribution in [2.45, 2.75) is 51.2 Å². The Hall–Kier alpha value is -1.06. The number of aliphatic hydroxyl groups excluding tert-OH is 1. The molecule has 1 aromatic carbocycles. The molecule has 0 amide bonds. The molecule has 0 heterocycles. The predicted molar refractivity (Wildman–Crippen MR) is 70.8 cm³/mol. The van der Waals surface area contributed by atoms with E-state index in [-0.39, 0.29) is 0 Å². The number of rotatable bonds is 3. The van der Waals surface area contributed by atoms with Crippen molar-refractivity contribution in [1.82, 2.24) is 0 Å². The van der Waals surface area contributed by atoms with Crippen molar-refractivity contribution >= 4 is 0 Å². The van der Waals surface area contributed by atoms with Crippen LogP contribution in [0.2, 0.25) is 0 Å². The Morgan fingerprint density at radius 1 is 1.22 bits per heavy atom. The Bertz CT molecular complexity index is 434. The van der Waals surface area contributed by atoms with Crippen LogP contribution < -0.4 is 4.74 Å². The minimum absolute atomic E-state index is 0.657. The summed E-state index contributed by atoms with van der Waals surface area (Å²) in [5, 5.41) is 21.0. The SMILES string of the molecule is COc1c(C(O)C2(O)CCCC2)ccc(C)c1C.